The van der Waals surface area contributed by atoms with Gasteiger partial charge in [0.05, 0.1) is 6.42 Å². The van der Waals surface area contributed by atoms with Crippen LogP contribution in [0.15, 0.2) is 18.2 Å². The van der Waals surface area contributed by atoms with E-state index < -0.39 is 30.6 Å². The van der Waals surface area contributed by atoms with E-state index in [1.165, 1.54) is 6.07 Å². The number of ether oxygens (including phenoxy) is 1. The lowest BCUT2D eigenvalue weighted by molar-refractivity contribution is -0.269. The Bertz CT molecular complexity index is 481. The predicted molar refractivity (Wildman–Crippen MR) is 59.8 cm³/mol. The van der Waals surface area contributed by atoms with E-state index in [1.54, 1.807) is 0 Å². The highest BCUT2D eigenvalue weighted by atomic mass is 35.5. The number of Topliss-reactive ketones (excluding diaryl/α,β-unsaturated/α-hetero) is 1. The van der Waals surface area contributed by atoms with Gasteiger partial charge in [0.1, 0.15) is 6.61 Å². The van der Waals surface area contributed by atoms with E-state index in [1.807, 2.05) is 0 Å². The molecule has 1 saturated heterocycles. The van der Waals surface area contributed by atoms with Gasteiger partial charge in [0.2, 0.25) is 0 Å². The fourth-order valence-electron chi connectivity index (χ4n) is 1.90. The molecule has 1 unspecified atom stereocenters. The molecule has 0 N–H and O–H groups in total. The molecule has 2 nitrogen and oxygen atoms in total. The second-order valence-corrected chi connectivity index (χ2v) is 4.86. The monoisotopic (exact) mass is 298 g/mol. The molecule has 0 amide bonds. The fourth-order valence-corrected chi connectivity index (χ4v) is 2.43. The number of carbonyl (C=O) groups is 1. The first-order valence-corrected chi connectivity index (χ1v) is 5.69. The molecule has 0 bridgehead atoms. The van der Waals surface area contributed by atoms with Crippen LogP contribution in [0.25, 0.3) is 0 Å². The smallest absolute Gasteiger partial charge is 0.353 e. The average Bonchev–Trinajstić information content (AvgIpc) is 2.59. The van der Waals surface area contributed by atoms with Crippen LogP contribution in [0.3, 0.4) is 0 Å². The van der Waals surface area contributed by atoms with Crippen LogP contribution in [0.4, 0.5) is 13.2 Å². The number of alkyl halides is 3. The fraction of sp³-hybridized carbons (Fsp3) is 0.364. The van der Waals surface area contributed by atoms with Gasteiger partial charge < -0.3 is 4.74 Å². The molecule has 0 radical (unpaired) electrons. The largest absolute Gasteiger partial charge is 0.422 e. The van der Waals surface area contributed by atoms with Gasteiger partial charge in [0.15, 0.2) is 11.4 Å². The first-order valence-electron chi connectivity index (χ1n) is 4.93. The number of hydrogen-bond donors (Lipinski definition) is 0. The topological polar surface area (TPSA) is 26.3 Å². The van der Waals surface area contributed by atoms with Gasteiger partial charge in [0.25, 0.3) is 0 Å². The number of hydrogen-bond acceptors (Lipinski definition) is 2. The zero-order valence-electron chi connectivity index (χ0n) is 8.85. The maximum atomic E-state index is 13.2. The Morgan fingerprint density at radius 2 is 1.72 bits per heavy atom. The van der Waals surface area contributed by atoms with Crippen LogP contribution in [0, 0.1) is 0 Å². The summed E-state index contributed by atoms with van der Waals surface area (Å²) in [6.07, 6.45) is -5.47. The molecule has 1 atom stereocenters. The van der Waals surface area contributed by atoms with Crippen molar-refractivity contribution in [3.8, 4) is 0 Å². The lowest BCUT2D eigenvalue weighted by Crippen LogP contribution is -2.42. The molecule has 1 heterocycles. The lowest BCUT2D eigenvalue weighted by atomic mass is 9.90. The van der Waals surface area contributed by atoms with Crippen molar-refractivity contribution in [3.63, 3.8) is 0 Å². The van der Waals surface area contributed by atoms with Crippen LogP contribution in [0.2, 0.25) is 10.0 Å². The van der Waals surface area contributed by atoms with Gasteiger partial charge in [-0.2, -0.15) is 13.2 Å². The zero-order chi connectivity index (χ0) is 13.6. The molecular weight excluding hydrogens is 292 g/mol. The Morgan fingerprint density at radius 3 is 2.11 bits per heavy atom. The number of ketones is 1. The Hall–Kier alpha value is -0.780. The van der Waals surface area contributed by atoms with Crippen LogP contribution in [0.1, 0.15) is 12.0 Å². The highest BCUT2D eigenvalue weighted by molar-refractivity contribution is 6.34. The van der Waals surface area contributed by atoms with E-state index in [9.17, 15) is 18.0 Å². The van der Waals surface area contributed by atoms with Crippen molar-refractivity contribution in [2.24, 2.45) is 0 Å². The highest BCUT2D eigenvalue weighted by Gasteiger charge is 2.61. The van der Waals surface area contributed by atoms with E-state index in [0.717, 1.165) is 12.1 Å². The molecule has 18 heavy (non-hydrogen) atoms. The van der Waals surface area contributed by atoms with Gasteiger partial charge >= 0.3 is 6.18 Å². The molecule has 1 aromatic carbocycles. The third-order valence-corrected chi connectivity index (χ3v) is 3.15. The number of benzene rings is 1. The summed E-state index contributed by atoms with van der Waals surface area (Å²) in [5.41, 5.74) is -2.89. The molecule has 0 spiro atoms. The van der Waals surface area contributed by atoms with Crippen molar-refractivity contribution in [2.45, 2.75) is 18.2 Å². The standard InChI is InChI=1S/C11H7Cl2F3O2/c12-7-1-6(2-8(13)3-7)10(11(14,15)16)4-9(17)5-18-10/h1-3H,4-5H2. The second kappa shape index (κ2) is 4.40. The summed E-state index contributed by atoms with van der Waals surface area (Å²) < 4.78 is 44.2. The minimum absolute atomic E-state index is 0.0593. The first kappa shape index (κ1) is 13.6. The average molecular weight is 299 g/mol. The molecule has 0 saturated carbocycles. The summed E-state index contributed by atoms with van der Waals surface area (Å²) >= 11 is 11.4. The summed E-state index contributed by atoms with van der Waals surface area (Å²) in [5, 5.41) is 0.119. The zero-order valence-corrected chi connectivity index (χ0v) is 10.4. The maximum Gasteiger partial charge on any atom is 0.422 e. The van der Waals surface area contributed by atoms with Gasteiger partial charge in [-0.25, -0.2) is 0 Å². The van der Waals surface area contributed by atoms with E-state index in [4.69, 9.17) is 27.9 Å². The molecule has 0 aliphatic carbocycles. The predicted octanol–water partition coefficient (Wildman–Crippen LogP) is 3.74. The number of carbonyl (C=O) groups excluding carboxylic acids is 1. The summed E-state index contributed by atoms with van der Waals surface area (Å²) in [6, 6.07) is 3.53. The molecule has 2 rings (SSSR count). The van der Waals surface area contributed by atoms with Gasteiger partial charge in [-0.1, -0.05) is 23.2 Å². The lowest BCUT2D eigenvalue weighted by Gasteiger charge is -2.30. The maximum absolute atomic E-state index is 13.2. The molecule has 0 aromatic heterocycles. The highest BCUT2D eigenvalue weighted by Crippen LogP contribution is 2.48. The summed E-state index contributed by atoms with van der Waals surface area (Å²) in [6.45, 7) is -0.566. The van der Waals surface area contributed by atoms with Gasteiger partial charge in [-0.15, -0.1) is 0 Å². The van der Waals surface area contributed by atoms with Crippen LogP contribution >= 0.6 is 23.2 Å². The van der Waals surface area contributed by atoms with E-state index in [2.05, 4.69) is 0 Å². The Labute approximate surface area is 111 Å². The Kier molecular flexibility index (Phi) is 3.34. The molecule has 1 fully saturated rings. The third kappa shape index (κ3) is 2.22. The minimum Gasteiger partial charge on any atom is -0.353 e. The van der Waals surface area contributed by atoms with Crippen LogP contribution < -0.4 is 0 Å². The van der Waals surface area contributed by atoms with Crippen molar-refractivity contribution in [3.05, 3.63) is 33.8 Å². The van der Waals surface area contributed by atoms with Crippen LogP contribution in [-0.4, -0.2) is 18.6 Å². The van der Waals surface area contributed by atoms with Crippen molar-refractivity contribution < 1.29 is 22.7 Å². The number of rotatable bonds is 1. The van der Waals surface area contributed by atoms with E-state index >= 15 is 0 Å². The van der Waals surface area contributed by atoms with Crippen LogP contribution in [-0.2, 0) is 15.1 Å². The number of halogens is 5. The summed E-state index contributed by atoms with van der Waals surface area (Å²) in [7, 11) is 0. The molecular formula is C11H7Cl2F3O2. The third-order valence-electron chi connectivity index (χ3n) is 2.71. The van der Waals surface area contributed by atoms with E-state index in [0.29, 0.717) is 0 Å². The van der Waals surface area contributed by atoms with E-state index in [-0.39, 0.29) is 15.6 Å². The Morgan fingerprint density at radius 1 is 1.17 bits per heavy atom. The second-order valence-electron chi connectivity index (χ2n) is 3.99. The van der Waals surface area contributed by atoms with Crippen molar-refractivity contribution >= 4 is 29.0 Å². The summed E-state index contributed by atoms with van der Waals surface area (Å²) in [4.78, 5) is 11.2. The Balaban J connectivity index is 2.57. The minimum atomic E-state index is -4.72. The van der Waals surface area contributed by atoms with Gasteiger partial charge in [0, 0.05) is 10.0 Å². The normalized spacial score (nSPS) is 24.6. The SMILES string of the molecule is O=C1COC(c2cc(Cl)cc(Cl)c2)(C(F)(F)F)C1. The van der Waals surface area contributed by atoms with Crippen molar-refractivity contribution in [2.75, 3.05) is 6.61 Å². The van der Waals surface area contributed by atoms with Crippen molar-refractivity contribution in [1.29, 1.82) is 0 Å². The molecule has 7 heteroatoms. The van der Waals surface area contributed by atoms with Gasteiger partial charge in [-0.05, 0) is 23.8 Å². The molecule has 1 aromatic rings. The molecule has 1 aliphatic heterocycles. The quantitative estimate of drug-likeness (QED) is 0.789. The molecule has 1 aliphatic rings. The summed E-state index contributed by atoms with van der Waals surface area (Å²) in [5.74, 6) is -0.608. The van der Waals surface area contributed by atoms with Crippen molar-refractivity contribution in [1.82, 2.24) is 0 Å². The molecule has 98 valence electrons. The van der Waals surface area contributed by atoms with Crippen LogP contribution in [0.5, 0.6) is 0 Å². The first-order chi connectivity index (χ1) is 8.24. The van der Waals surface area contributed by atoms with Gasteiger partial charge in [-0.3, -0.25) is 4.79 Å².